The third kappa shape index (κ3) is 7.32. The Morgan fingerprint density at radius 1 is 1.29 bits per heavy atom. The SMILES string of the molecule is CC(C)(O/N=C(\C(=O)N[C@H]1CN(C(=O)NS(=O)(=O)n2nc(-c3cc(=O)c(O)c[nH]3)n(C[C@H](O)CO)c2=O)C1=O)C1CSC(N)=N1)C(=O)O. The van der Waals surface area contributed by atoms with Crippen LogP contribution in [0.25, 0.3) is 11.5 Å². The summed E-state index contributed by atoms with van der Waals surface area (Å²) in [5.74, 6) is -4.64. The first-order chi connectivity index (χ1) is 22.4. The summed E-state index contributed by atoms with van der Waals surface area (Å²) in [6.45, 7) is 0.202. The van der Waals surface area contributed by atoms with Gasteiger partial charge >= 0.3 is 27.9 Å². The van der Waals surface area contributed by atoms with Gasteiger partial charge in [0.1, 0.15) is 12.1 Å². The van der Waals surface area contributed by atoms with E-state index in [1.807, 2.05) is 0 Å². The third-order valence-corrected chi connectivity index (χ3v) is 8.61. The summed E-state index contributed by atoms with van der Waals surface area (Å²) in [7, 11) is -5.21. The molecule has 1 fully saturated rings. The zero-order chi connectivity index (χ0) is 35.7. The summed E-state index contributed by atoms with van der Waals surface area (Å²) >= 11 is 1.07. The second-order valence-corrected chi connectivity index (χ2v) is 13.1. The summed E-state index contributed by atoms with van der Waals surface area (Å²) in [5.41, 5.74) is 0.683. The van der Waals surface area contributed by atoms with Gasteiger partial charge in [-0.05, 0) is 13.8 Å². The van der Waals surface area contributed by atoms with Crippen LogP contribution in [0.2, 0.25) is 0 Å². The number of aromatic hydroxyl groups is 1. The number of oxime groups is 1. The molecule has 2 aliphatic rings. The molecule has 1 unspecified atom stereocenters. The van der Waals surface area contributed by atoms with Crippen molar-refractivity contribution in [1.29, 1.82) is 0 Å². The van der Waals surface area contributed by atoms with Gasteiger partial charge in [-0.25, -0.2) is 19.1 Å². The van der Waals surface area contributed by atoms with Gasteiger partial charge in [-0.3, -0.25) is 28.8 Å². The number of β-lactam (4-membered cyclic amide) rings is 1. The number of carbonyl (C=O) groups excluding carboxylic acids is 3. The molecule has 0 aromatic carbocycles. The highest BCUT2D eigenvalue weighted by atomic mass is 32.2. The molecule has 260 valence electrons. The van der Waals surface area contributed by atoms with Gasteiger partial charge in [0.25, 0.3) is 11.8 Å². The average molecular weight is 717 g/mol. The highest BCUT2D eigenvalue weighted by Gasteiger charge is 2.45. The number of carboxylic acids is 1. The van der Waals surface area contributed by atoms with Crippen molar-refractivity contribution in [2.75, 3.05) is 18.9 Å². The number of rotatable bonds is 12. The number of nitrogens with two attached hydrogens (primary N) is 1. The number of aliphatic hydroxyl groups excluding tert-OH is 2. The number of likely N-dealkylation sites (tertiary alicyclic amines) is 1. The fraction of sp³-hybridized carbons (Fsp3) is 0.435. The van der Waals surface area contributed by atoms with E-state index in [0.29, 0.717) is 9.47 Å². The van der Waals surface area contributed by atoms with Crippen LogP contribution in [0.15, 0.2) is 32.0 Å². The predicted molar refractivity (Wildman–Crippen MR) is 162 cm³/mol. The van der Waals surface area contributed by atoms with E-state index >= 15 is 0 Å². The van der Waals surface area contributed by atoms with Crippen LogP contribution in [-0.4, -0.2) is 130 Å². The monoisotopic (exact) mass is 716 g/mol. The topological polar surface area (TPSA) is 343 Å². The highest BCUT2D eigenvalue weighted by Crippen LogP contribution is 2.20. The van der Waals surface area contributed by atoms with Crippen LogP contribution in [0.5, 0.6) is 5.75 Å². The minimum Gasteiger partial charge on any atom is -0.503 e. The molecule has 3 atom stereocenters. The molecular formula is C23H28N10O13S2. The van der Waals surface area contributed by atoms with Gasteiger partial charge < -0.3 is 41.3 Å². The van der Waals surface area contributed by atoms with E-state index in [9.17, 15) is 57.6 Å². The smallest absolute Gasteiger partial charge is 0.362 e. The first-order valence-electron chi connectivity index (χ1n) is 13.4. The third-order valence-electron chi connectivity index (χ3n) is 6.60. The minimum atomic E-state index is -5.21. The second kappa shape index (κ2) is 13.5. The minimum absolute atomic E-state index is 0.110. The standard InChI is InChI=1S/C23H28N10O13S2/c1-23(2,19(40)41)46-29-15(12-8-47-20(24)27-12)17(38)26-11-6-32(18(11)39)21(42)30-48(44,45)33-22(43)31(5-9(35)7-34)16(28-33)10-3-13(36)14(37)4-25-10/h3-4,9,11-12,34-35,37H,5-8H2,1-2H3,(H2,24,27)(H,25,36)(H,26,38)(H,30,42)(H,40,41)/b29-15-/t9-,11-,12?/m0/s1. The Bertz CT molecular complexity index is 1950. The Labute approximate surface area is 272 Å². The molecule has 2 aromatic rings. The second-order valence-electron chi connectivity index (χ2n) is 10.6. The number of aliphatic imine (C=N–C) groups is 1. The molecule has 4 amide bonds. The van der Waals surface area contributed by atoms with E-state index in [1.54, 1.807) is 0 Å². The lowest BCUT2D eigenvalue weighted by atomic mass is 10.1. The highest BCUT2D eigenvalue weighted by molar-refractivity contribution is 8.14. The zero-order valence-corrected chi connectivity index (χ0v) is 26.4. The lowest BCUT2D eigenvalue weighted by molar-refractivity contribution is -0.161. The Morgan fingerprint density at radius 2 is 1.98 bits per heavy atom. The van der Waals surface area contributed by atoms with E-state index < -0.39 is 106 Å². The van der Waals surface area contributed by atoms with E-state index in [2.05, 4.69) is 25.5 Å². The van der Waals surface area contributed by atoms with E-state index in [1.165, 1.54) is 18.6 Å². The van der Waals surface area contributed by atoms with Gasteiger partial charge in [-0.15, -0.1) is 5.10 Å². The maximum atomic E-state index is 13.0. The Kier molecular flexibility index (Phi) is 9.97. The van der Waals surface area contributed by atoms with Gasteiger partial charge in [-0.1, -0.05) is 21.0 Å². The molecule has 0 saturated carbocycles. The summed E-state index contributed by atoms with van der Waals surface area (Å²) in [5, 5.41) is 47.5. The average Bonchev–Trinajstić information content (AvgIpc) is 3.58. The number of amidine groups is 1. The van der Waals surface area contributed by atoms with Gasteiger partial charge in [0.05, 0.1) is 31.5 Å². The van der Waals surface area contributed by atoms with Crippen LogP contribution in [0.4, 0.5) is 4.79 Å². The molecule has 0 aliphatic carbocycles. The number of aliphatic hydroxyl groups is 2. The molecule has 23 nitrogen and oxygen atoms in total. The number of carboxylic acid groups (broad SMARTS) is 1. The van der Waals surface area contributed by atoms with Crippen LogP contribution >= 0.6 is 11.8 Å². The molecule has 4 rings (SSSR count). The fourth-order valence-electron chi connectivity index (χ4n) is 3.90. The number of aromatic amines is 1. The summed E-state index contributed by atoms with van der Waals surface area (Å²) < 4.78 is 27.9. The van der Waals surface area contributed by atoms with Crippen LogP contribution in [-0.2, 0) is 36.0 Å². The maximum absolute atomic E-state index is 13.0. The summed E-state index contributed by atoms with van der Waals surface area (Å²) in [6, 6.07) is -3.13. The van der Waals surface area contributed by atoms with Crippen LogP contribution < -0.4 is 26.9 Å². The van der Waals surface area contributed by atoms with Crippen molar-refractivity contribution in [3.63, 3.8) is 0 Å². The largest absolute Gasteiger partial charge is 0.503 e. The molecule has 48 heavy (non-hydrogen) atoms. The first kappa shape index (κ1) is 35.6. The van der Waals surface area contributed by atoms with Gasteiger partial charge in [0.2, 0.25) is 11.0 Å². The molecule has 0 radical (unpaired) electrons. The van der Waals surface area contributed by atoms with E-state index in [0.717, 1.165) is 24.0 Å². The molecule has 25 heteroatoms. The number of pyridine rings is 1. The van der Waals surface area contributed by atoms with Crippen molar-refractivity contribution >= 4 is 56.7 Å². The van der Waals surface area contributed by atoms with Gasteiger partial charge in [0, 0.05) is 18.0 Å². The number of amides is 4. The van der Waals surface area contributed by atoms with Crippen molar-refractivity contribution in [2.24, 2.45) is 15.9 Å². The fourth-order valence-corrected chi connectivity index (χ4v) is 5.57. The van der Waals surface area contributed by atoms with Crippen molar-refractivity contribution in [3.05, 3.63) is 33.0 Å². The van der Waals surface area contributed by atoms with Crippen molar-refractivity contribution in [1.82, 2.24) is 33.7 Å². The number of aliphatic carboxylic acids is 1. The number of nitrogens with one attached hydrogen (secondary N) is 3. The number of imide groups is 1. The number of carbonyl (C=O) groups is 4. The van der Waals surface area contributed by atoms with Crippen molar-refractivity contribution in [2.45, 2.75) is 44.2 Å². The van der Waals surface area contributed by atoms with Crippen LogP contribution in [0, 0.1) is 0 Å². The van der Waals surface area contributed by atoms with Crippen molar-refractivity contribution in [3.8, 4) is 17.3 Å². The van der Waals surface area contributed by atoms with Crippen LogP contribution in [0.3, 0.4) is 0 Å². The summed E-state index contributed by atoms with van der Waals surface area (Å²) in [6.07, 6.45) is -0.772. The normalized spacial score (nSPS) is 18.9. The number of nitrogens with zero attached hydrogens (tertiary/aromatic N) is 6. The van der Waals surface area contributed by atoms with E-state index in [4.69, 9.17) is 10.6 Å². The summed E-state index contributed by atoms with van der Waals surface area (Å²) in [4.78, 5) is 86.7. The van der Waals surface area contributed by atoms with Gasteiger partial charge in [-0.2, -0.15) is 8.42 Å². The number of hydrogen-bond acceptors (Lipinski definition) is 17. The van der Waals surface area contributed by atoms with Crippen LogP contribution in [0.1, 0.15) is 13.8 Å². The van der Waals surface area contributed by atoms with E-state index in [-0.39, 0.29) is 20.7 Å². The number of urea groups is 1. The molecule has 9 N–H and O–H groups in total. The molecule has 2 aromatic heterocycles. The molecular weight excluding hydrogens is 688 g/mol. The number of H-pyrrole nitrogens is 1. The molecule has 0 spiro atoms. The number of thioether (sulfide) groups is 1. The zero-order valence-electron chi connectivity index (χ0n) is 24.8. The number of aromatic nitrogens is 4. The molecule has 0 bridgehead atoms. The van der Waals surface area contributed by atoms with Crippen molar-refractivity contribution < 1.29 is 52.9 Å². The lowest BCUT2D eigenvalue weighted by Crippen LogP contribution is -2.68. The lowest BCUT2D eigenvalue weighted by Gasteiger charge is -2.36. The quantitative estimate of drug-likeness (QED) is 0.0581. The Morgan fingerprint density at radius 3 is 2.54 bits per heavy atom. The Balaban J connectivity index is 1.50. The maximum Gasteiger partial charge on any atom is 0.362 e. The molecule has 1 saturated heterocycles. The molecule has 4 heterocycles. The Hall–Kier alpha value is -5.27. The number of hydrogen-bond donors (Lipinski definition) is 8. The molecule has 2 aliphatic heterocycles. The predicted octanol–water partition coefficient (Wildman–Crippen LogP) is -4.75. The first-order valence-corrected chi connectivity index (χ1v) is 15.8. The van der Waals surface area contributed by atoms with Gasteiger partial charge in [0.15, 0.2) is 22.5 Å².